The molecule has 0 radical (unpaired) electrons. The molecule has 0 saturated carbocycles. The maximum absolute atomic E-state index is 13.0. The molecule has 1 N–H and O–H groups in total. The molecule has 1 unspecified atom stereocenters. The number of nitrogens with zero attached hydrogens (tertiary/aromatic N) is 2. The Bertz CT molecular complexity index is 646. The van der Waals surface area contributed by atoms with E-state index in [1.54, 1.807) is 23.5 Å². The molecular weight excluding hydrogens is 297 g/mol. The third-order valence-corrected chi connectivity index (χ3v) is 5.82. The van der Waals surface area contributed by atoms with Crippen molar-refractivity contribution in [2.75, 3.05) is 26.2 Å². The number of thiazole rings is 1. The predicted molar refractivity (Wildman–Crippen MR) is 87.3 cm³/mol. The lowest BCUT2D eigenvalue weighted by atomic mass is 9.87. The number of benzene rings is 1. The van der Waals surface area contributed by atoms with Crippen LogP contribution in [0.5, 0.6) is 0 Å². The number of halogens is 1. The Balaban J connectivity index is 1.43. The number of nitrogens with one attached hydrogen (secondary N) is 1. The van der Waals surface area contributed by atoms with Gasteiger partial charge in [0.1, 0.15) is 10.8 Å². The van der Waals surface area contributed by atoms with Crippen LogP contribution in [0.2, 0.25) is 0 Å². The van der Waals surface area contributed by atoms with E-state index in [0.717, 1.165) is 22.8 Å². The summed E-state index contributed by atoms with van der Waals surface area (Å²) < 4.78 is 13.0. The molecule has 116 valence electrons. The van der Waals surface area contributed by atoms with Gasteiger partial charge in [-0.05, 0) is 55.6 Å². The average molecular weight is 317 g/mol. The maximum Gasteiger partial charge on any atom is 0.123 e. The first-order valence-electron chi connectivity index (χ1n) is 7.86. The van der Waals surface area contributed by atoms with Gasteiger partial charge in [-0.2, -0.15) is 0 Å². The Kier molecular flexibility index (Phi) is 3.72. The quantitative estimate of drug-likeness (QED) is 0.943. The smallest absolute Gasteiger partial charge is 0.123 e. The van der Waals surface area contributed by atoms with Gasteiger partial charge < -0.3 is 5.32 Å². The fourth-order valence-electron chi connectivity index (χ4n) is 3.64. The number of likely N-dealkylation sites (tertiary alicyclic amines) is 1. The fourth-order valence-corrected chi connectivity index (χ4v) is 4.46. The molecule has 3 heterocycles. The Morgan fingerprint density at radius 3 is 2.91 bits per heavy atom. The van der Waals surface area contributed by atoms with Crippen molar-refractivity contribution in [2.24, 2.45) is 5.41 Å². The van der Waals surface area contributed by atoms with E-state index < -0.39 is 0 Å². The summed E-state index contributed by atoms with van der Waals surface area (Å²) in [4.78, 5) is 7.25. The van der Waals surface area contributed by atoms with E-state index in [0.29, 0.717) is 5.41 Å². The molecule has 2 aromatic rings. The molecule has 5 heteroatoms. The Morgan fingerprint density at radius 1 is 1.27 bits per heavy atom. The Labute approximate surface area is 134 Å². The first-order valence-corrected chi connectivity index (χ1v) is 8.74. The van der Waals surface area contributed by atoms with E-state index in [2.05, 4.69) is 15.6 Å². The highest BCUT2D eigenvalue weighted by molar-refractivity contribution is 7.13. The molecule has 3 nitrogen and oxygen atoms in total. The second-order valence-electron chi connectivity index (χ2n) is 6.54. The SMILES string of the molecule is Fc1ccc(-c2nc(CN3CCC4(CCNC4)C3)cs2)cc1. The van der Waals surface area contributed by atoms with Crippen molar-refractivity contribution in [3.05, 3.63) is 41.2 Å². The molecule has 0 aliphatic carbocycles. The first-order chi connectivity index (χ1) is 10.7. The van der Waals surface area contributed by atoms with Crippen molar-refractivity contribution in [3.8, 4) is 10.6 Å². The third-order valence-electron chi connectivity index (χ3n) is 4.88. The highest BCUT2D eigenvalue weighted by Gasteiger charge is 2.40. The molecule has 0 amide bonds. The van der Waals surface area contributed by atoms with Crippen molar-refractivity contribution in [2.45, 2.75) is 19.4 Å². The Hall–Kier alpha value is -1.30. The lowest BCUT2D eigenvalue weighted by Gasteiger charge is -2.22. The molecular formula is C17H20FN3S. The molecule has 2 fully saturated rings. The maximum atomic E-state index is 13.0. The lowest BCUT2D eigenvalue weighted by molar-refractivity contribution is 0.267. The van der Waals surface area contributed by atoms with Gasteiger partial charge in [-0.1, -0.05) is 0 Å². The lowest BCUT2D eigenvalue weighted by Crippen LogP contribution is -2.29. The highest BCUT2D eigenvalue weighted by atomic mass is 32.1. The van der Waals surface area contributed by atoms with Crippen LogP contribution in [0, 0.1) is 11.2 Å². The minimum atomic E-state index is -0.201. The van der Waals surface area contributed by atoms with Gasteiger partial charge in [-0.15, -0.1) is 11.3 Å². The van der Waals surface area contributed by atoms with E-state index in [1.165, 1.54) is 51.2 Å². The van der Waals surface area contributed by atoms with Crippen LogP contribution >= 0.6 is 11.3 Å². The van der Waals surface area contributed by atoms with Crippen LogP contribution in [0.4, 0.5) is 4.39 Å². The predicted octanol–water partition coefficient (Wildman–Crippen LogP) is 3.13. The number of aromatic nitrogens is 1. The van der Waals surface area contributed by atoms with Crippen LogP contribution in [0.25, 0.3) is 10.6 Å². The zero-order valence-electron chi connectivity index (χ0n) is 12.5. The number of hydrogen-bond acceptors (Lipinski definition) is 4. The molecule has 0 bridgehead atoms. The van der Waals surface area contributed by atoms with E-state index in [1.807, 2.05) is 0 Å². The van der Waals surface area contributed by atoms with E-state index in [9.17, 15) is 4.39 Å². The molecule has 1 spiro atoms. The Morgan fingerprint density at radius 2 is 2.14 bits per heavy atom. The number of hydrogen-bond donors (Lipinski definition) is 1. The highest BCUT2D eigenvalue weighted by Crippen LogP contribution is 2.36. The summed E-state index contributed by atoms with van der Waals surface area (Å²) >= 11 is 1.64. The van der Waals surface area contributed by atoms with Crippen LogP contribution in [0.3, 0.4) is 0 Å². The number of rotatable bonds is 3. The molecule has 2 saturated heterocycles. The topological polar surface area (TPSA) is 28.2 Å². The molecule has 1 aromatic carbocycles. The second kappa shape index (κ2) is 5.72. The summed E-state index contributed by atoms with van der Waals surface area (Å²) in [5.41, 5.74) is 2.64. The van der Waals surface area contributed by atoms with Crippen molar-refractivity contribution in [1.82, 2.24) is 15.2 Å². The zero-order valence-corrected chi connectivity index (χ0v) is 13.3. The minimum absolute atomic E-state index is 0.201. The van der Waals surface area contributed by atoms with Crippen LogP contribution in [-0.4, -0.2) is 36.1 Å². The summed E-state index contributed by atoms with van der Waals surface area (Å²) in [5.74, 6) is -0.201. The average Bonchev–Trinajstić information content (AvgIpc) is 3.24. The summed E-state index contributed by atoms with van der Waals surface area (Å²) in [6.07, 6.45) is 2.61. The van der Waals surface area contributed by atoms with Gasteiger partial charge in [0.05, 0.1) is 5.69 Å². The van der Waals surface area contributed by atoms with Crippen molar-refractivity contribution in [3.63, 3.8) is 0 Å². The van der Waals surface area contributed by atoms with Gasteiger partial charge in [-0.25, -0.2) is 9.37 Å². The fraction of sp³-hybridized carbons (Fsp3) is 0.471. The third kappa shape index (κ3) is 2.81. The minimum Gasteiger partial charge on any atom is -0.316 e. The van der Waals surface area contributed by atoms with Crippen LogP contribution < -0.4 is 5.32 Å². The molecule has 1 atom stereocenters. The van der Waals surface area contributed by atoms with Gasteiger partial charge in [0.15, 0.2) is 0 Å². The molecule has 22 heavy (non-hydrogen) atoms. The van der Waals surface area contributed by atoms with Crippen molar-refractivity contribution in [1.29, 1.82) is 0 Å². The summed E-state index contributed by atoms with van der Waals surface area (Å²) in [6.45, 7) is 5.62. The molecule has 2 aliphatic rings. The molecule has 4 rings (SSSR count). The molecule has 1 aromatic heterocycles. The zero-order chi connectivity index (χ0) is 15.0. The van der Waals surface area contributed by atoms with E-state index in [4.69, 9.17) is 4.98 Å². The van der Waals surface area contributed by atoms with Crippen LogP contribution in [0.1, 0.15) is 18.5 Å². The van der Waals surface area contributed by atoms with Crippen molar-refractivity contribution < 1.29 is 4.39 Å². The van der Waals surface area contributed by atoms with Crippen LogP contribution in [0.15, 0.2) is 29.6 Å². The van der Waals surface area contributed by atoms with Crippen LogP contribution in [-0.2, 0) is 6.54 Å². The second-order valence-corrected chi connectivity index (χ2v) is 7.40. The van der Waals surface area contributed by atoms with Gasteiger partial charge in [0.2, 0.25) is 0 Å². The molecule has 2 aliphatic heterocycles. The van der Waals surface area contributed by atoms with E-state index in [-0.39, 0.29) is 5.82 Å². The van der Waals surface area contributed by atoms with Crippen molar-refractivity contribution >= 4 is 11.3 Å². The summed E-state index contributed by atoms with van der Waals surface area (Å²) in [7, 11) is 0. The normalized spacial score (nSPS) is 25.3. The summed E-state index contributed by atoms with van der Waals surface area (Å²) in [5, 5.41) is 6.61. The van der Waals surface area contributed by atoms with Gasteiger partial charge in [0, 0.05) is 30.6 Å². The van der Waals surface area contributed by atoms with E-state index >= 15 is 0 Å². The van der Waals surface area contributed by atoms with Gasteiger partial charge in [-0.3, -0.25) is 4.90 Å². The monoisotopic (exact) mass is 317 g/mol. The van der Waals surface area contributed by atoms with Gasteiger partial charge in [0.25, 0.3) is 0 Å². The van der Waals surface area contributed by atoms with Gasteiger partial charge >= 0.3 is 0 Å². The first kappa shape index (κ1) is 14.3. The largest absolute Gasteiger partial charge is 0.316 e. The summed E-state index contributed by atoms with van der Waals surface area (Å²) in [6, 6.07) is 6.58. The standard InChI is InChI=1S/C17H20FN3S/c18-14-3-1-13(2-4-14)16-20-15(10-22-16)9-21-8-6-17(12-21)5-7-19-11-17/h1-4,10,19H,5-9,11-12H2.